The van der Waals surface area contributed by atoms with Crippen molar-refractivity contribution in [3.8, 4) is 0 Å². The van der Waals surface area contributed by atoms with E-state index in [2.05, 4.69) is 10.2 Å². The van der Waals surface area contributed by atoms with Crippen molar-refractivity contribution in [2.45, 2.75) is 6.54 Å². The first-order valence-electron chi connectivity index (χ1n) is 4.02. The Balaban J connectivity index is 2.28. The second-order valence-electron chi connectivity index (χ2n) is 2.87. The summed E-state index contributed by atoms with van der Waals surface area (Å²) in [7, 11) is 0. The molecule has 2 rings (SSSR count). The predicted octanol–water partition coefficient (Wildman–Crippen LogP) is 1.60. The molecule has 0 spiro atoms. The standard InChI is InChI=1S/C9H7F2N3/c10-8-1-2-9(11)7(3-8)4-14-5-12-13-6-14/h1-3,5-6H,4H2. The van der Waals surface area contributed by atoms with Gasteiger partial charge in [0.05, 0.1) is 6.54 Å². The molecule has 0 saturated heterocycles. The van der Waals surface area contributed by atoms with Gasteiger partial charge in [0, 0.05) is 5.56 Å². The third-order valence-electron chi connectivity index (χ3n) is 1.83. The van der Waals surface area contributed by atoms with Gasteiger partial charge in [-0.2, -0.15) is 0 Å². The van der Waals surface area contributed by atoms with Gasteiger partial charge in [-0.25, -0.2) is 8.78 Å². The molecule has 0 aliphatic rings. The van der Waals surface area contributed by atoms with Crippen molar-refractivity contribution in [1.29, 1.82) is 0 Å². The highest BCUT2D eigenvalue weighted by Gasteiger charge is 2.04. The van der Waals surface area contributed by atoms with Crippen LogP contribution in [0.3, 0.4) is 0 Å². The summed E-state index contributed by atoms with van der Waals surface area (Å²) in [5.41, 5.74) is 0.282. The van der Waals surface area contributed by atoms with E-state index in [4.69, 9.17) is 0 Å². The van der Waals surface area contributed by atoms with Gasteiger partial charge in [0.25, 0.3) is 0 Å². The Morgan fingerprint density at radius 1 is 1.14 bits per heavy atom. The van der Waals surface area contributed by atoms with E-state index in [1.165, 1.54) is 12.7 Å². The minimum Gasteiger partial charge on any atom is -0.316 e. The molecule has 0 aliphatic carbocycles. The Bertz CT molecular complexity index is 426. The molecule has 1 aromatic heterocycles. The van der Waals surface area contributed by atoms with Gasteiger partial charge < -0.3 is 4.57 Å². The van der Waals surface area contributed by atoms with Crippen molar-refractivity contribution in [2.24, 2.45) is 0 Å². The molecule has 0 radical (unpaired) electrons. The zero-order valence-corrected chi connectivity index (χ0v) is 7.19. The molecule has 1 aromatic carbocycles. The van der Waals surface area contributed by atoms with E-state index in [-0.39, 0.29) is 12.1 Å². The highest BCUT2D eigenvalue weighted by atomic mass is 19.1. The quantitative estimate of drug-likeness (QED) is 0.728. The number of hydrogen-bond donors (Lipinski definition) is 0. The molecule has 0 aliphatic heterocycles. The minimum atomic E-state index is -0.450. The lowest BCUT2D eigenvalue weighted by Gasteiger charge is -2.02. The molecule has 0 unspecified atom stereocenters. The fourth-order valence-electron chi connectivity index (χ4n) is 1.16. The van der Waals surface area contributed by atoms with E-state index < -0.39 is 11.6 Å². The summed E-state index contributed by atoms with van der Waals surface area (Å²) in [6, 6.07) is 3.36. The molecule has 0 N–H and O–H groups in total. The number of rotatable bonds is 2. The highest BCUT2D eigenvalue weighted by Crippen LogP contribution is 2.10. The van der Waals surface area contributed by atoms with E-state index >= 15 is 0 Å². The SMILES string of the molecule is Fc1ccc(F)c(Cn2cnnc2)c1. The van der Waals surface area contributed by atoms with Crippen molar-refractivity contribution in [3.63, 3.8) is 0 Å². The average molecular weight is 195 g/mol. The largest absolute Gasteiger partial charge is 0.316 e. The van der Waals surface area contributed by atoms with Crippen LogP contribution in [-0.4, -0.2) is 14.8 Å². The lowest BCUT2D eigenvalue weighted by atomic mass is 10.2. The number of benzene rings is 1. The molecular formula is C9H7F2N3. The van der Waals surface area contributed by atoms with Crippen LogP contribution in [0.15, 0.2) is 30.9 Å². The van der Waals surface area contributed by atoms with E-state index in [0.29, 0.717) is 0 Å². The van der Waals surface area contributed by atoms with E-state index in [0.717, 1.165) is 18.2 Å². The van der Waals surface area contributed by atoms with Crippen LogP contribution in [0.1, 0.15) is 5.56 Å². The maximum atomic E-state index is 13.1. The zero-order chi connectivity index (χ0) is 9.97. The molecule has 14 heavy (non-hydrogen) atoms. The topological polar surface area (TPSA) is 30.7 Å². The second-order valence-corrected chi connectivity index (χ2v) is 2.87. The Morgan fingerprint density at radius 3 is 2.57 bits per heavy atom. The predicted molar refractivity (Wildman–Crippen MR) is 45.5 cm³/mol. The summed E-state index contributed by atoms with van der Waals surface area (Å²) in [5.74, 6) is -0.880. The molecule has 1 heterocycles. The fraction of sp³-hybridized carbons (Fsp3) is 0.111. The Morgan fingerprint density at radius 2 is 1.86 bits per heavy atom. The Kier molecular flexibility index (Phi) is 2.22. The van der Waals surface area contributed by atoms with Gasteiger partial charge in [-0.05, 0) is 18.2 Å². The highest BCUT2D eigenvalue weighted by molar-refractivity contribution is 5.18. The maximum Gasteiger partial charge on any atom is 0.128 e. The van der Waals surface area contributed by atoms with E-state index in [1.54, 1.807) is 4.57 Å². The van der Waals surface area contributed by atoms with Crippen molar-refractivity contribution < 1.29 is 8.78 Å². The Hall–Kier alpha value is -1.78. The maximum absolute atomic E-state index is 13.1. The summed E-state index contributed by atoms with van der Waals surface area (Å²) in [5, 5.41) is 7.13. The van der Waals surface area contributed by atoms with Crippen LogP contribution in [0.25, 0.3) is 0 Å². The first-order valence-corrected chi connectivity index (χ1v) is 4.02. The number of halogens is 2. The van der Waals surface area contributed by atoms with Gasteiger partial charge in [-0.3, -0.25) is 0 Å². The number of nitrogens with zero attached hydrogens (tertiary/aromatic N) is 3. The van der Waals surface area contributed by atoms with Crippen LogP contribution in [0, 0.1) is 11.6 Å². The fourth-order valence-corrected chi connectivity index (χ4v) is 1.16. The lowest BCUT2D eigenvalue weighted by molar-refractivity contribution is 0.577. The number of hydrogen-bond acceptors (Lipinski definition) is 2. The zero-order valence-electron chi connectivity index (χ0n) is 7.19. The van der Waals surface area contributed by atoms with Crippen molar-refractivity contribution >= 4 is 0 Å². The van der Waals surface area contributed by atoms with Gasteiger partial charge in [-0.1, -0.05) is 0 Å². The Labute approximate surface area is 79.0 Å². The van der Waals surface area contributed by atoms with Gasteiger partial charge >= 0.3 is 0 Å². The van der Waals surface area contributed by atoms with Crippen molar-refractivity contribution in [1.82, 2.24) is 14.8 Å². The molecule has 0 saturated carbocycles. The molecule has 5 heteroatoms. The first kappa shape index (κ1) is 8.80. The molecule has 3 nitrogen and oxygen atoms in total. The molecule has 0 amide bonds. The second kappa shape index (κ2) is 3.53. The monoisotopic (exact) mass is 195 g/mol. The third-order valence-corrected chi connectivity index (χ3v) is 1.83. The van der Waals surface area contributed by atoms with Crippen LogP contribution >= 0.6 is 0 Å². The van der Waals surface area contributed by atoms with Crippen LogP contribution < -0.4 is 0 Å². The average Bonchev–Trinajstić information content (AvgIpc) is 2.64. The van der Waals surface area contributed by atoms with Crippen LogP contribution in [0.2, 0.25) is 0 Å². The van der Waals surface area contributed by atoms with E-state index in [1.807, 2.05) is 0 Å². The lowest BCUT2D eigenvalue weighted by Crippen LogP contribution is -2.00. The summed E-state index contributed by atoms with van der Waals surface area (Å²) >= 11 is 0. The summed E-state index contributed by atoms with van der Waals surface area (Å²) in [4.78, 5) is 0. The summed E-state index contributed by atoms with van der Waals surface area (Å²) < 4.78 is 27.5. The van der Waals surface area contributed by atoms with Gasteiger partial charge in [0.2, 0.25) is 0 Å². The number of aromatic nitrogens is 3. The normalized spacial score (nSPS) is 10.4. The van der Waals surface area contributed by atoms with Crippen LogP contribution in [0.5, 0.6) is 0 Å². The minimum absolute atomic E-state index is 0.233. The van der Waals surface area contributed by atoms with E-state index in [9.17, 15) is 8.78 Å². The van der Waals surface area contributed by atoms with Crippen molar-refractivity contribution in [3.05, 3.63) is 48.1 Å². The van der Waals surface area contributed by atoms with Gasteiger partial charge in [-0.15, -0.1) is 10.2 Å². The molecule has 0 bridgehead atoms. The molecule has 72 valence electrons. The van der Waals surface area contributed by atoms with Gasteiger partial charge in [0.1, 0.15) is 24.3 Å². The van der Waals surface area contributed by atoms with Crippen molar-refractivity contribution in [2.75, 3.05) is 0 Å². The van der Waals surface area contributed by atoms with Crippen LogP contribution in [0.4, 0.5) is 8.78 Å². The third kappa shape index (κ3) is 1.76. The van der Waals surface area contributed by atoms with Gasteiger partial charge in [0.15, 0.2) is 0 Å². The molecule has 0 atom stereocenters. The molecular weight excluding hydrogens is 188 g/mol. The molecule has 0 fully saturated rings. The summed E-state index contributed by atoms with van der Waals surface area (Å²) in [6.45, 7) is 0.233. The summed E-state index contributed by atoms with van der Waals surface area (Å²) in [6.07, 6.45) is 2.90. The van der Waals surface area contributed by atoms with Crippen LogP contribution in [-0.2, 0) is 6.54 Å². The first-order chi connectivity index (χ1) is 6.75. The smallest absolute Gasteiger partial charge is 0.128 e. The molecule has 2 aromatic rings.